The Bertz CT molecular complexity index is 1720. The predicted octanol–water partition coefficient (Wildman–Crippen LogP) is 5.53. The number of benzene rings is 2. The Morgan fingerprint density at radius 3 is 2.59 bits per heavy atom. The lowest BCUT2D eigenvalue weighted by Crippen LogP contribution is -2.13. The van der Waals surface area contributed by atoms with Gasteiger partial charge >= 0.3 is 0 Å². The maximum absolute atomic E-state index is 12.8. The van der Waals surface area contributed by atoms with E-state index < -0.39 is 0 Å². The highest BCUT2D eigenvalue weighted by Gasteiger charge is 2.15. The van der Waals surface area contributed by atoms with E-state index in [4.69, 9.17) is 5.73 Å². The minimum atomic E-state index is -0.295. The Balaban J connectivity index is 1.15. The molecule has 0 radical (unpaired) electrons. The van der Waals surface area contributed by atoms with Crippen LogP contribution in [0.25, 0.3) is 21.9 Å². The molecule has 0 spiro atoms. The molecule has 0 unspecified atom stereocenters. The molecule has 0 aliphatic heterocycles. The highest BCUT2D eigenvalue weighted by Crippen LogP contribution is 2.33. The summed E-state index contributed by atoms with van der Waals surface area (Å²) >= 11 is 1.54. The van der Waals surface area contributed by atoms with E-state index in [0.29, 0.717) is 17.1 Å². The smallest absolute Gasteiger partial charge is 0.256 e. The van der Waals surface area contributed by atoms with Crippen LogP contribution in [0.1, 0.15) is 16.1 Å². The minimum Gasteiger partial charge on any atom is -0.394 e. The van der Waals surface area contributed by atoms with Crippen LogP contribution in [0.5, 0.6) is 0 Å². The molecule has 0 aliphatic carbocycles. The van der Waals surface area contributed by atoms with E-state index >= 15 is 0 Å². The van der Waals surface area contributed by atoms with Crippen molar-refractivity contribution in [2.45, 2.75) is 6.92 Å². The van der Waals surface area contributed by atoms with Gasteiger partial charge < -0.3 is 16.4 Å². The standard InChI is InChI=1S/C27H22N8OS/c1-17-24(34-14-6-5-9-23(34)30-17)22-15-29-27(37-22)31-19-12-10-18(11-13-19)26(36)32-25-21(28)16-35(33-25)20-7-3-2-4-8-20/h2-16H,28H2,1H3,(H,29,31)(H,32,33,36). The summed E-state index contributed by atoms with van der Waals surface area (Å²) in [5.41, 5.74) is 11.5. The number of nitrogens with one attached hydrogen (secondary N) is 2. The first-order chi connectivity index (χ1) is 18.0. The summed E-state index contributed by atoms with van der Waals surface area (Å²) in [6.07, 6.45) is 5.52. The molecule has 6 rings (SSSR count). The number of aromatic nitrogens is 5. The zero-order valence-electron chi connectivity index (χ0n) is 19.8. The van der Waals surface area contributed by atoms with E-state index in [0.717, 1.165) is 38.4 Å². The highest BCUT2D eigenvalue weighted by atomic mass is 32.1. The number of para-hydroxylation sites is 1. The number of carbonyl (C=O) groups is 1. The van der Waals surface area contributed by atoms with Gasteiger partial charge in [-0.15, -0.1) is 5.10 Å². The molecule has 0 saturated carbocycles. The van der Waals surface area contributed by atoms with Crippen LogP contribution in [0.3, 0.4) is 0 Å². The third-order valence-electron chi connectivity index (χ3n) is 5.84. The molecule has 0 aliphatic rings. The molecular weight excluding hydrogens is 484 g/mol. The number of hydrogen-bond donors (Lipinski definition) is 3. The van der Waals surface area contributed by atoms with Gasteiger partial charge in [0.2, 0.25) is 0 Å². The Labute approximate surface area is 216 Å². The summed E-state index contributed by atoms with van der Waals surface area (Å²) in [4.78, 5) is 23.0. The van der Waals surface area contributed by atoms with Gasteiger partial charge in [0.15, 0.2) is 10.9 Å². The lowest BCUT2D eigenvalue weighted by Gasteiger charge is -2.06. The van der Waals surface area contributed by atoms with E-state index in [9.17, 15) is 4.79 Å². The van der Waals surface area contributed by atoms with Gasteiger partial charge in [0.05, 0.1) is 33.8 Å². The number of nitrogens with two attached hydrogens (primary N) is 1. The predicted molar refractivity (Wildman–Crippen MR) is 147 cm³/mol. The average molecular weight is 507 g/mol. The molecule has 0 bridgehead atoms. The van der Waals surface area contributed by atoms with Crippen molar-refractivity contribution in [2.75, 3.05) is 16.4 Å². The molecule has 37 heavy (non-hydrogen) atoms. The summed E-state index contributed by atoms with van der Waals surface area (Å²) < 4.78 is 3.70. The lowest BCUT2D eigenvalue weighted by atomic mass is 10.2. The lowest BCUT2D eigenvalue weighted by molar-refractivity contribution is 0.102. The van der Waals surface area contributed by atoms with Crippen LogP contribution in [-0.2, 0) is 0 Å². The number of anilines is 4. The third kappa shape index (κ3) is 4.41. The molecule has 10 heteroatoms. The molecule has 9 nitrogen and oxygen atoms in total. The molecule has 0 atom stereocenters. The van der Waals surface area contributed by atoms with E-state index in [1.807, 2.05) is 80.0 Å². The number of hydrogen-bond acceptors (Lipinski definition) is 7. The third-order valence-corrected chi connectivity index (χ3v) is 6.76. The largest absolute Gasteiger partial charge is 0.394 e. The zero-order chi connectivity index (χ0) is 25.4. The first kappa shape index (κ1) is 22.5. The van der Waals surface area contributed by atoms with Crippen LogP contribution in [0, 0.1) is 6.92 Å². The van der Waals surface area contributed by atoms with Crippen molar-refractivity contribution in [3.05, 3.63) is 103 Å². The van der Waals surface area contributed by atoms with Crippen molar-refractivity contribution in [2.24, 2.45) is 0 Å². The van der Waals surface area contributed by atoms with E-state index in [1.165, 1.54) is 0 Å². The summed E-state index contributed by atoms with van der Waals surface area (Å²) in [6, 6.07) is 22.7. The van der Waals surface area contributed by atoms with Gasteiger partial charge in [-0.25, -0.2) is 14.6 Å². The Kier molecular flexibility index (Phi) is 5.62. The van der Waals surface area contributed by atoms with Crippen LogP contribution in [-0.4, -0.2) is 30.1 Å². The van der Waals surface area contributed by atoms with Crippen LogP contribution in [0.2, 0.25) is 0 Å². The van der Waals surface area contributed by atoms with Crippen molar-refractivity contribution in [3.63, 3.8) is 0 Å². The molecule has 182 valence electrons. The van der Waals surface area contributed by atoms with E-state index in [-0.39, 0.29) is 5.91 Å². The second-order valence-electron chi connectivity index (χ2n) is 8.37. The summed E-state index contributed by atoms with van der Waals surface area (Å²) in [5.74, 6) is 0.0187. The topological polar surface area (TPSA) is 115 Å². The van der Waals surface area contributed by atoms with Gasteiger partial charge in [-0.3, -0.25) is 9.20 Å². The number of pyridine rings is 1. The number of nitrogens with zero attached hydrogens (tertiary/aromatic N) is 5. The molecule has 1 amide bonds. The van der Waals surface area contributed by atoms with Crippen molar-refractivity contribution in [1.29, 1.82) is 0 Å². The zero-order valence-corrected chi connectivity index (χ0v) is 20.6. The molecule has 2 aromatic carbocycles. The van der Waals surface area contributed by atoms with Gasteiger partial charge in [-0.2, -0.15) is 0 Å². The first-order valence-electron chi connectivity index (χ1n) is 11.5. The van der Waals surface area contributed by atoms with Crippen LogP contribution in [0.15, 0.2) is 91.4 Å². The Morgan fingerprint density at radius 1 is 1.00 bits per heavy atom. The number of thiazole rings is 1. The summed E-state index contributed by atoms with van der Waals surface area (Å²) in [5, 5.41) is 11.2. The second kappa shape index (κ2) is 9.25. The molecule has 4 aromatic heterocycles. The highest BCUT2D eigenvalue weighted by molar-refractivity contribution is 7.18. The van der Waals surface area contributed by atoms with Crippen LogP contribution >= 0.6 is 11.3 Å². The van der Waals surface area contributed by atoms with Gasteiger partial charge in [0.1, 0.15) is 5.65 Å². The first-order valence-corrected chi connectivity index (χ1v) is 12.4. The monoisotopic (exact) mass is 506 g/mol. The van der Waals surface area contributed by atoms with Crippen LogP contribution in [0.4, 0.5) is 22.3 Å². The number of rotatable bonds is 6. The van der Waals surface area contributed by atoms with E-state index in [2.05, 4.69) is 30.1 Å². The minimum absolute atomic E-state index is 0.295. The van der Waals surface area contributed by atoms with Crippen molar-refractivity contribution in [3.8, 4) is 16.3 Å². The van der Waals surface area contributed by atoms with Gasteiger partial charge in [0, 0.05) is 23.6 Å². The number of amides is 1. The SMILES string of the molecule is Cc1nc2ccccn2c1-c1cnc(Nc2ccc(C(=O)Nc3nn(-c4ccccc4)cc3N)cc2)s1. The number of carbonyl (C=O) groups excluding carboxylic acids is 1. The molecule has 0 saturated heterocycles. The van der Waals surface area contributed by atoms with Gasteiger partial charge in [-0.1, -0.05) is 35.6 Å². The molecular formula is C27H22N8OS. The average Bonchev–Trinajstić information content (AvgIpc) is 3.61. The molecule has 6 aromatic rings. The summed E-state index contributed by atoms with van der Waals surface area (Å²) in [6.45, 7) is 2.00. The maximum atomic E-state index is 12.8. The van der Waals surface area contributed by atoms with Crippen LogP contribution < -0.4 is 16.4 Å². The number of aryl methyl sites for hydroxylation is 1. The number of nitrogen functional groups attached to an aromatic ring is 1. The fourth-order valence-corrected chi connectivity index (χ4v) is 4.99. The van der Waals surface area contributed by atoms with Gasteiger partial charge in [-0.05, 0) is 55.5 Å². The summed E-state index contributed by atoms with van der Waals surface area (Å²) in [7, 11) is 0. The molecule has 4 heterocycles. The second-order valence-corrected chi connectivity index (χ2v) is 9.40. The van der Waals surface area contributed by atoms with Crippen molar-refractivity contribution >= 4 is 45.2 Å². The quantitative estimate of drug-likeness (QED) is 0.274. The fourth-order valence-electron chi connectivity index (χ4n) is 4.06. The Hall–Kier alpha value is -4.96. The number of fused-ring (bicyclic) bond motifs is 1. The van der Waals surface area contributed by atoms with Gasteiger partial charge in [0.25, 0.3) is 5.91 Å². The van der Waals surface area contributed by atoms with Crippen molar-refractivity contribution < 1.29 is 4.79 Å². The number of imidazole rings is 1. The fraction of sp³-hybridized carbons (Fsp3) is 0.0370. The molecule has 4 N–H and O–H groups in total. The normalized spacial score (nSPS) is 11.1. The Morgan fingerprint density at radius 2 is 1.78 bits per heavy atom. The maximum Gasteiger partial charge on any atom is 0.256 e. The van der Waals surface area contributed by atoms with Crippen molar-refractivity contribution in [1.82, 2.24) is 24.1 Å². The van der Waals surface area contributed by atoms with E-state index in [1.54, 1.807) is 34.3 Å². The molecule has 0 fully saturated rings.